The molecule has 2 aromatic rings. The van der Waals surface area contributed by atoms with E-state index in [0.29, 0.717) is 5.69 Å². The predicted octanol–water partition coefficient (Wildman–Crippen LogP) is 2.17. The highest BCUT2D eigenvalue weighted by molar-refractivity contribution is 5.58. The highest BCUT2D eigenvalue weighted by Crippen LogP contribution is 2.21. The molecule has 7 heteroatoms. The zero-order valence-electron chi connectivity index (χ0n) is 15.8. The number of anilines is 2. The van der Waals surface area contributed by atoms with Gasteiger partial charge in [0.1, 0.15) is 12.1 Å². The van der Waals surface area contributed by atoms with Crippen molar-refractivity contribution in [3.05, 3.63) is 53.8 Å². The van der Waals surface area contributed by atoms with Crippen molar-refractivity contribution in [2.75, 3.05) is 56.1 Å². The van der Waals surface area contributed by atoms with Gasteiger partial charge in [-0.2, -0.15) is 0 Å². The molecule has 1 fully saturated rings. The van der Waals surface area contributed by atoms with Gasteiger partial charge in [0.05, 0.1) is 13.2 Å². The van der Waals surface area contributed by atoms with Crippen LogP contribution in [0.1, 0.15) is 12.0 Å². The topological polar surface area (TPSA) is 60.1 Å². The van der Waals surface area contributed by atoms with Crippen LogP contribution in [0.2, 0.25) is 0 Å². The molecule has 1 aliphatic heterocycles. The molecule has 2 heterocycles. The predicted molar refractivity (Wildman–Crippen MR) is 107 cm³/mol. The second-order valence-corrected chi connectivity index (χ2v) is 6.77. The largest absolute Gasteiger partial charge is 0.391 e. The molecule has 1 aromatic carbocycles. The van der Waals surface area contributed by atoms with Gasteiger partial charge in [-0.3, -0.25) is 4.90 Å². The molecule has 1 aromatic heterocycles. The van der Waals surface area contributed by atoms with Gasteiger partial charge in [-0.05, 0) is 25.1 Å². The molecule has 27 heavy (non-hydrogen) atoms. The van der Waals surface area contributed by atoms with Crippen LogP contribution < -0.4 is 9.80 Å². The first kappa shape index (κ1) is 19.1. The maximum Gasteiger partial charge on any atom is 0.189 e. The first-order valence-corrected chi connectivity index (χ1v) is 9.27. The van der Waals surface area contributed by atoms with Crippen LogP contribution in [0.15, 0.2) is 36.8 Å². The van der Waals surface area contributed by atoms with Gasteiger partial charge in [0, 0.05) is 57.2 Å². The SMILES string of the molecule is [C-]#[N+]c1cccc(N(C)CCCN2CCN(c3ncncc3CO)CC2)c1. The normalized spacial score (nSPS) is 14.8. The van der Waals surface area contributed by atoms with Crippen LogP contribution in [0.5, 0.6) is 0 Å². The molecule has 0 unspecified atom stereocenters. The highest BCUT2D eigenvalue weighted by Gasteiger charge is 2.19. The van der Waals surface area contributed by atoms with E-state index < -0.39 is 0 Å². The molecular weight excluding hydrogens is 340 g/mol. The van der Waals surface area contributed by atoms with Crippen LogP contribution in [-0.4, -0.2) is 66.3 Å². The van der Waals surface area contributed by atoms with E-state index in [1.54, 1.807) is 12.5 Å². The van der Waals surface area contributed by atoms with E-state index in [9.17, 15) is 5.11 Å². The molecule has 0 atom stereocenters. The van der Waals surface area contributed by atoms with Crippen molar-refractivity contribution in [3.63, 3.8) is 0 Å². The number of hydrogen-bond acceptors (Lipinski definition) is 6. The van der Waals surface area contributed by atoms with Crippen molar-refractivity contribution in [2.24, 2.45) is 0 Å². The van der Waals surface area contributed by atoms with Gasteiger partial charge in [-0.1, -0.05) is 12.1 Å². The third kappa shape index (κ3) is 4.94. The first-order chi connectivity index (χ1) is 13.2. The lowest BCUT2D eigenvalue weighted by Gasteiger charge is -2.36. The fourth-order valence-corrected chi connectivity index (χ4v) is 3.39. The molecule has 0 spiro atoms. The monoisotopic (exact) mass is 366 g/mol. The first-order valence-electron chi connectivity index (χ1n) is 9.27. The minimum Gasteiger partial charge on any atom is -0.391 e. The Labute approximate surface area is 160 Å². The number of aromatic nitrogens is 2. The molecule has 0 aliphatic carbocycles. The Morgan fingerprint density at radius 1 is 1.26 bits per heavy atom. The van der Waals surface area contributed by atoms with E-state index in [1.165, 1.54) is 0 Å². The zero-order valence-corrected chi connectivity index (χ0v) is 15.8. The summed E-state index contributed by atoms with van der Waals surface area (Å²) in [5.41, 5.74) is 2.56. The van der Waals surface area contributed by atoms with E-state index >= 15 is 0 Å². The van der Waals surface area contributed by atoms with Crippen LogP contribution in [0.3, 0.4) is 0 Å². The van der Waals surface area contributed by atoms with Crippen LogP contribution in [0.4, 0.5) is 17.2 Å². The Kier molecular flexibility index (Phi) is 6.58. The molecule has 1 aliphatic rings. The summed E-state index contributed by atoms with van der Waals surface area (Å²) in [5, 5.41) is 9.46. The molecule has 0 amide bonds. The highest BCUT2D eigenvalue weighted by atomic mass is 16.3. The molecular formula is C20H26N6O. The number of piperazine rings is 1. The molecule has 1 saturated heterocycles. The van der Waals surface area contributed by atoms with E-state index in [2.05, 4.69) is 36.6 Å². The van der Waals surface area contributed by atoms with Gasteiger partial charge >= 0.3 is 0 Å². The van der Waals surface area contributed by atoms with Crippen LogP contribution in [0.25, 0.3) is 4.85 Å². The number of nitrogens with zero attached hydrogens (tertiary/aromatic N) is 6. The third-order valence-corrected chi connectivity index (χ3v) is 4.97. The van der Waals surface area contributed by atoms with Gasteiger partial charge in [-0.15, -0.1) is 0 Å². The second kappa shape index (κ2) is 9.31. The number of benzene rings is 1. The van der Waals surface area contributed by atoms with Gasteiger partial charge in [0.25, 0.3) is 0 Å². The maximum absolute atomic E-state index is 9.46. The van der Waals surface area contributed by atoms with E-state index in [1.807, 2.05) is 24.3 Å². The standard InChI is InChI=1S/C20H26N6O/c1-21-18-5-3-6-19(13-18)24(2)7-4-8-25-9-11-26(12-10-25)20-17(15-27)14-22-16-23-20/h3,5-6,13-14,16,27H,4,7-12,15H2,2H3. The lowest BCUT2D eigenvalue weighted by Crippen LogP contribution is -2.47. The number of hydrogen-bond donors (Lipinski definition) is 1. The lowest BCUT2D eigenvalue weighted by molar-refractivity contribution is 0.253. The van der Waals surface area contributed by atoms with Gasteiger partial charge < -0.3 is 14.9 Å². The summed E-state index contributed by atoms with van der Waals surface area (Å²) >= 11 is 0. The van der Waals surface area contributed by atoms with Crippen molar-refractivity contribution in [1.82, 2.24) is 14.9 Å². The molecule has 0 radical (unpaired) electrons. The van der Waals surface area contributed by atoms with Crippen LogP contribution in [0, 0.1) is 6.57 Å². The summed E-state index contributed by atoms with van der Waals surface area (Å²) in [4.78, 5) is 18.7. The van der Waals surface area contributed by atoms with Gasteiger partial charge in [0.2, 0.25) is 0 Å². The Morgan fingerprint density at radius 2 is 2.07 bits per heavy atom. The average Bonchev–Trinajstić information content (AvgIpc) is 2.74. The summed E-state index contributed by atoms with van der Waals surface area (Å²) in [6.45, 7) is 12.9. The average molecular weight is 366 g/mol. The second-order valence-electron chi connectivity index (χ2n) is 6.77. The van der Waals surface area contributed by atoms with Crippen molar-refractivity contribution in [2.45, 2.75) is 13.0 Å². The number of aliphatic hydroxyl groups excluding tert-OH is 1. The summed E-state index contributed by atoms with van der Waals surface area (Å²) in [6.07, 6.45) is 4.31. The van der Waals surface area contributed by atoms with Crippen LogP contribution in [-0.2, 0) is 6.61 Å². The fourth-order valence-electron chi connectivity index (χ4n) is 3.39. The van der Waals surface area contributed by atoms with E-state index in [4.69, 9.17) is 6.57 Å². The van der Waals surface area contributed by atoms with Gasteiger partial charge in [-0.25, -0.2) is 14.8 Å². The summed E-state index contributed by atoms with van der Waals surface area (Å²) < 4.78 is 0. The van der Waals surface area contributed by atoms with Gasteiger partial charge in [0.15, 0.2) is 5.69 Å². The number of aliphatic hydroxyl groups is 1. The number of rotatable bonds is 7. The van der Waals surface area contributed by atoms with Crippen molar-refractivity contribution in [3.8, 4) is 0 Å². The Bertz CT molecular complexity index is 782. The minimum absolute atomic E-state index is 0.0303. The van der Waals surface area contributed by atoms with Crippen molar-refractivity contribution < 1.29 is 5.11 Å². The third-order valence-electron chi connectivity index (χ3n) is 4.97. The summed E-state index contributed by atoms with van der Waals surface area (Å²) in [5.74, 6) is 0.853. The molecule has 1 N–H and O–H groups in total. The maximum atomic E-state index is 9.46. The Morgan fingerprint density at radius 3 is 2.81 bits per heavy atom. The molecule has 142 valence electrons. The van der Waals surface area contributed by atoms with E-state index in [0.717, 1.165) is 62.8 Å². The smallest absolute Gasteiger partial charge is 0.189 e. The summed E-state index contributed by atoms with van der Waals surface area (Å²) in [7, 11) is 2.08. The molecule has 0 bridgehead atoms. The molecule has 0 saturated carbocycles. The van der Waals surface area contributed by atoms with E-state index in [-0.39, 0.29) is 6.61 Å². The Hall–Kier alpha value is -2.69. The van der Waals surface area contributed by atoms with Crippen molar-refractivity contribution in [1.29, 1.82) is 0 Å². The lowest BCUT2D eigenvalue weighted by atomic mass is 10.2. The molecule has 7 nitrogen and oxygen atoms in total. The minimum atomic E-state index is -0.0303. The quantitative estimate of drug-likeness (QED) is 0.758. The Balaban J connectivity index is 1.44. The zero-order chi connectivity index (χ0) is 19.1. The molecule has 3 rings (SSSR count). The fraction of sp³-hybridized carbons (Fsp3) is 0.450. The van der Waals surface area contributed by atoms with Crippen molar-refractivity contribution >= 4 is 17.2 Å². The van der Waals surface area contributed by atoms with Crippen LogP contribution >= 0.6 is 0 Å². The summed E-state index contributed by atoms with van der Waals surface area (Å²) in [6, 6.07) is 7.76.